The number of fused-ring (bicyclic) bond motifs is 3. The maximum atomic E-state index is 5.80. The van der Waals surface area contributed by atoms with Crippen LogP contribution in [0.3, 0.4) is 0 Å². The van der Waals surface area contributed by atoms with Crippen LogP contribution in [0.25, 0.3) is 16.6 Å². The van der Waals surface area contributed by atoms with Crippen molar-refractivity contribution < 1.29 is 9.88 Å². The number of hydrogen-bond acceptors (Lipinski definition) is 3. The minimum Gasteiger partial charge on any atom is -0.310 e. The lowest BCUT2D eigenvalue weighted by Crippen LogP contribution is -3.14. The smallest absolute Gasteiger partial charge is 0.274 e. The molecule has 1 aliphatic rings. The van der Waals surface area contributed by atoms with Crippen LogP contribution in [0, 0.1) is 11.7 Å². The highest BCUT2D eigenvalue weighted by Crippen LogP contribution is 2.21. The molecule has 0 amide bonds. The number of aryl methyl sites for hydroxylation is 1. The fourth-order valence-electron chi connectivity index (χ4n) is 4.14. The Hall–Kier alpha value is -2.77. The molecule has 4 heterocycles. The number of aromatic amines is 1. The van der Waals surface area contributed by atoms with Gasteiger partial charge >= 0.3 is 0 Å². The Kier molecular flexibility index (Phi) is 4.33. The Balaban J connectivity index is 1.40. The molecule has 1 fully saturated rings. The fraction of sp³-hybridized carbons (Fsp3) is 0.286. The molecule has 1 saturated heterocycles. The van der Waals surface area contributed by atoms with Crippen molar-refractivity contribution in [3.8, 4) is 0 Å². The molecular formula is C21H24N6S+2. The van der Waals surface area contributed by atoms with Crippen LogP contribution in [0.1, 0.15) is 5.56 Å². The van der Waals surface area contributed by atoms with Crippen molar-refractivity contribution >= 4 is 34.6 Å². The summed E-state index contributed by atoms with van der Waals surface area (Å²) in [5, 5.41) is 6.06. The van der Waals surface area contributed by atoms with Gasteiger partial charge in [0.2, 0.25) is 4.77 Å². The quantitative estimate of drug-likeness (QED) is 0.538. The topological polar surface area (TPSA) is 44.0 Å². The molecule has 0 bridgehead atoms. The van der Waals surface area contributed by atoms with E-state index in [2.05, 4.69) is 63.7 Å². The van der Waals surface area contributed by atoms with Crippen molar-refractivity contribution in [2.45, 2.75) is 13.6 Å². The number of quaternary nitrogens is 1. The Bertz CT molecular complexity index is 1190. The number of rotatable bonds is 3. The summed E-state index contributed by atoms with van der Waals surface area (Å²) in [4.78, 5) is 7.24. The Morgan fingerprint density at radius 1 is 1.11 bits per heavy atom. The maximum absolute atomic E-state index is 5.80. The molecule has 0 radical (unpaired) electrons. The number of benzene rings is 1. The second-order valence-electron chi connectivity index (χ2n) is 7.46. The largest absolute Gasteiger partial charge is 0.310 e. The van der Waals surface area contributed by atoms with Crippen LogP contribution in [0.2, 0.25) is 0 Å². The second-order valence-corrected chi connectivity index (χ2v) is 7.83. The Morgan fingerprint density at radius 3 is 2.68 bits per heavy atom. The lowest BCUT2D eigenvalue weighted by Gasteiger charge is -2.27. The zero-order chi connectivity index (χ0) is 19.1. The van der Waals surface area contributed by atoms with E-state index in [-0.39, 0.29) is 0 Å². The van der Waals surface area contributed by atoms with Gasteiger partial charge in [0.15, 0.2) is 12.3 Å². The van der Waals surface area contributed by atoms with Gasteiger partial charge in [0.05, 0.1) is 11.7 Å². The second kappa shape index (κ2) is 7.00. The summed E-state index contributed by atoms with van der Waals surface area (Å²) in [5.41, 5.74) is 3.29. The van der Waals surface area contributed by atoms with Gasteiger partial charge < -0.3 is 4.90 Å². The standard InChI is InChI=1S/C21H22N6S/c1-16-14-20-23-26(21(28)27(20)18-7-3-2-6-17(16)18)15-24-10-12-25(13-11-24)19-8-4-5-9-22-19/h2-9,14H,10-13,15H2,1H3/p+2. The SMILES string of the molecule is Cc1cc2nn(C[NH+]3CCN(c4cccc[nH+]4)CC3)c(=S)n2c2ccccc12. The first kappa shape index (κ1) is 17.3. The van der Waals surface area contributed by atoms with Gasteiger partial charge in [-0.25, -0.2) is 4.98 Å². The lowest BCUT2D eigenvalue weighted by atomic mass is 10.1. The average molecular weight is 393 g/mol. The Morgan fingerprint density at radius 2 is 1.89 bits per heavy atom. The molecule has 28 heavy (non-hydrogen) atoms. The van der Waals surface area contributed by atoms with Crippen molar-refractivity contribution in [2.75, 3.05) is 31.1 Å². The van der Waals surface area contributed by atoms with E-state index in [9.17, 15) is 0 Å². The number of piperazine rings is 1. The molecule has 5 rings (SSSR count). The minimum atomic E-state index is 0.775. The molecular weight excluding hydrogens is 368 g/mol. The van der Waals surface area contributed by atoms with Crippen molar-refractivity contribution in [1.82, 2.24) is 14.2 Å². The fourth-order valence-corrected chi connectivity index (χ4v) is 4.43. The van der Waals surface area contributed by atoms with Crippen molar-refractivity contribution in [2.24, 2.45) is 0 Å². The molecule has 7 heteroatoms. The molecule has 0 saturated carbocycles. The van der Waals surface area contributed by atoms with Crippen molar-refractivity contribution in [3.63, 3.8) is 0 Å². The van der Waals surface area contributed by atoms with E-state index in [4.69, 9.17) is 17.3 Å². The van der Waals surface area contributed by atoms with E-state index >= 15 is 0 Å². The van der Waals surface area contributed by atoms with Gasteiger partial charge in [0, 0.05) is 11.5 Å². The van der Waals surface area contributed by atoms with Crippen molar-refractivity contribution in [1.29, 1.82) is 0 Å². The molecule has 0 aliphatic carbocycles. The summed E-state index contributed by atoms with van der Waals surface area (Å²) in [6, 6.07) is 16.8. The molecule has 2 N–H and O–H groups in total. The first-order valence-electron chi connectivity index (χ1n) is 9.74. The Labute approximate surface area is 168 Å². The van der Waals surface area contributed by atoms with Crippen LogP contribution in [-0.4, -0.2) is 40.4 Å². The predicted molar refractivity (Wildman–Crippen MR) is 112 cm³/mol. The number of anilines is 1. The molecule has 1 aliphatic heterocycles. The van der Waals surface area contributed by atoms with Gasteiger partial charge in [-0.1, -0.05) is 24.3 Å². The zero-order valence-electron chi connectivity index (χ0n) is 15.9. The molecule has 0 atom stereocenters. The van der Waals surface area contributed by atoms with Crippen LogP contribution in [0.4, 0.5) is 5.82 Å². The van der Waals surface area contributed by atoms with Crippen LogP contribution in [-0.2, 0) is 6.67 Å². The summed E-state index contributed by atoms with van der Waals surface area (Å²) in [6.45, 7) is 7.13. The van der Waals surface area contributed by atoms with Gasteiger partial charge in [-0.2, -0.15) is 4.68 Å². The molecule has 142 valence electrons. The number of aromatic nitrogens is 4. The highest BCUT2D eigenvalue weighted by Gasteiger charge is 2.26. The van der Waals surface area contributed by atoms with Crippen molar-refractivity contribution in [3.05, 3.63) is 65.1 Å². The first-order valence-corrected chi connectivity index (χ1v) is 10.1. The molecule has 3 aromatic heterocycles. The number of pyridine rings is 2. The third kappa shape index (κ3) is 2.96. The van der Waals surface area contributed by atoms with Gasteiger partial charge in [-0.3, -0.25) is 9.30 Å². The van der Waals surface area contributed by atoms with Gasteiger partial charge in [0.1, 0.15) is 26.2 Å². The molecule has 0 spiro atoms. The number of nitrogens with one attached hydrogen (secondary N) is 2. The van der Waals surface area contributed by atoms with E-state index in [1.54, 1.807) is 0 Å². The third-order valence-corrected chi connectivity index (χ3v) is 6.05. The highest BCUT2D eigenvalue weighted by atomic mass is 32.1. The average Bonchev–Trinajstić information content (AvgIpc) is 3.04. The highest BCUT2D eigenvalue weighted by molar-refractivity contribution is 7.71. The van der Waals surface area contributed by atoms with Crippen LogP contribution in [0.15, 0.2) is 54.7 Å². The number of hydrogen-bond donors (Lipinski definition) is 1. The molecule has 6 nitrogen and oxygen atoms in total. The summed E-state index contributed by atoms with van der Waals surface area (Å²) < 4.78 is 4.88. The maximum Gasteiger partial charge on any atom is 0.274 e. The third-order valence-electron chi connectivity index (χ3n) is 5.66. The van der Waals surface area contributed by atoms with Crippen LogP contribution in [0.5, 0.6) is 0 Å². The summed E-state index contributed by atoms with van der Waals surface area (Å²) in [7, 11) is 0. The van der Waals surface area contributed by atoms with E-state index < -0.39 is 0 Å². The van der Waals surface area contributed by atoms with Gasteiger partial charge in [-0.05, 0) is 42.9 Å². The van der Waals surface area contributed by atoms with E-state index in [0.29, 0.717) is 0 Å². The lowest BCUT2D eigenvalue weighted by molar-refractivity contribution is -0.924. The predicted octanol–water partition coefficient (Wildman–Crippen LogP) is 1.50. The minimum absolute atomic E-state index is 0.775. The zero-order valence-corrected chi connectivity index (χ0v) is 16.7. The number of H-pyrrole nitrogens is 1. The molecule has 0 unspecified atom stereocenters. The van der Waals surface area contributed by atoms with E-state index in [1.807, 2.05) is 16.9 Å². The van der Waals surface area contributed by atoms with Gasteiger partial charge in [-0.15, -0.1) is 5.10 Å². The van der Waals surface area contributed by atoms with Gasteiger partial charge in [0.25, 0.3) is 5.82 Å². The summed E-state index contributed by atoms with van der Waals surface area (Å²) in [6.07, 6.45) is 1.98. The summed E-state index contributed by atoms with van der Waals surface area (Å²) in [5.74, 6) is 1.19. The van der Waals surface area contributed by atoms with E-state index in [0.717, 1.165) is 48.8 Å². The first-order chi connectivity index (χ1) is 13.7. The molecule has 1 aromatic carbocycles. The van der Waals surface area contributed by atoms with Crippen LogP contribution < -0.4 is 14.8 Å². The monoisotopic (exact) mass is 392 g/mol. The van der Waals surface area contributed by atoms with E-state index in [1.165, 1.54) is 21.7 Å². The van der Waals surface area contributed by atoms with Crippen LogP contribution >= 0.6 is 12.2 Å². The number of para-hydroxylation sites is 1. The summed E-state index contributed by atoms with van der Waals surface area (Å²) >= 11 is 5.80. The number of nitrogens with zero attached hydrogens (tertiary/aromatic N) is 4. The normalized spacial score (nSPS) is 15.5. The molecule has 4 aromatic rings.